The van der Waals surface area contributed by atoms with Gasteiger partial charge in [-0.1, -0.05) is 58.4 Å². The largest absolute Gasteiger partial charge is 0.373 e. The number of allylic oxidation sites excluding steroid dienone is 1. The Bertz CT molecular complexity index is 357. The third kappa shape index (κ3) is 5.36. The summed E-state index contributed by atoms with van der Waals surface area (Å²) in [5.74, 6) is 0.830. The molecule has 2 heteroatoms. The molecule has 0 amide bonds. The van der Waals surface area contributed by atoms with Crippen LogP contribution in [0.15, 0.2) is 42.5 Å². The van der Waals surface area contributed by atoms with Crippen LogP contribution in [0, 0.1) is 5.92 Å². The van der Waals surface area contributed by atoms with Gasteiger partial charge in [-0.05, 0) is 37.2 Å². The van der Waals surface area contributed by atoms with E-state index in [4.69, 9.17) is 4.74 Å². The summed E-state index contributed by atoms with van der Waals surface area (Å²) in [6.45, 7) is 0.786. The highest BCUT2D eigenvalue weighted by molar-refractivity contribution is 9.09. The molecule has 0 aromatic heterocycles. The van der Waals surface area contributed by atoms with E-state index in [0.29, 0.717) is 0 Å². The van der Waals surface area contributed by atoms with Crippen LogP contribution in [-0.2, 0) is 11.2 Å². The number of hydrogen-bond acceptors (Lipinski definition) is 1. The van der Waals surface area contributed by atoms with Crippen LogP contribution < -0.4 is 0 Å². The normalized spacial score (nSPS) is 17.2. The van der Waals surface area contributed by atoms with Gasteiger partial charge in [-0.2, -0.15) is 0 Å². The number of ether oxygens (including phenoxy) is 1. The molecule has 0 N–H and O–H groups in total. The minimum absolute atomic E-state index is 0.267. The minimum atomic E-state index is 0.267. The molecule has 0 bridgehead atoms. The van der Waals surface area contributed by atoms with Crippen molar-refractivity contribution in [3.05, 3.63) is 48.0 Å². The summed E-state index contributed by atoms with van der Waals surface area (Å²) in [6, 6.07) is 10.6. The first-order valence-electron chi connectivity index (χ1n) is 6.78. The molecule has 1 aromatic carbocycles. The van der Waals surface area contributed by atoms with Crippen molar-refractivity contribution < 1.29 is 4.74 Å². The van der Waals surface area contributed by atoms with E-state index in [1.54, 1.807) is 0 Å². The third-order valence-corrected chi connectivity index (χ3v) is 3.51. The lowest BCUT2D eigenvalue weighted by Gasteiger charge is -2.13. The molecule has 0 spiro atoms. The van der Waals surface area contributed by atoms with Crippen LogP contribution in [0.5, 0.6) is 0 Å². The number of rotatable bonds is 8. The smallest absolute Gasteiger partial charge is 0.0759 e. The van der Waals surface area contributed by atoms with Crippen molar-refractivity contribution in [3.63, 3.8) is 0 Å². The van der Waals surface area contributed by atoms with Crippen molar-refractivity contribution >= 4 is 15.9 Å². The molecular weight excluding hydrogens is 288 g/mol. The molecule has 1 nitrogen and oxygen atoms in total. The van der Waals surface area contributed by atoms with Gasteiger partial charge in [0.25, 0.3) is 0 Å². The van der Waals surface area contributed by atoms with E-state index >= 15 is 0 Å². The number of hydrogen-bond donors (Lipinski definition) is 0. The van der Waals surface area contributed by atoms with Crippen LogP contribution in [0.2, 0.25) is 0 Å². The van der Waals surface area contributed by atoms with Crippen LogP contribution in [0.25, 0.3) is 0 Å². The number of alkyl halides is 1. The van der Waals surface area contributed by atoms with E-state index in [9.17, 15) is 0 Å². The van der Waals surface area contributed by atoms with Crippen molar-refractivity contribution in [2.24, 2.45) is 5.92 Å². The summed E-state index contributed by atoms with van der Waals surface area (Å²) in [7, 11) is 0. The fourth-order valence-corrected chi connectivity index (χ4v) is 2.14. The Morgan fingerprint density at radius 2 is 2.06 bits per heavy atom. The summed E-state index contributed by atoms with van der Waals surface area (Å²) in [5, 5.41) is 0.909. The van der Waals surface area contributed by atoms with Crippen molar-refractivity contribution in [3.8, 4) is 0 Å². The summed E-state index contributed by atoms with van der Waals surface area (Å²) in [5.41, 5.74) is 1.39. The maximum atomic E-state index is 5.86. The van der Waals surface area contributed by atoms with Crippen molar-refractivity contribution in [1.29, 1.82) is 0 Å². The molecule has 0 saturated heterocycles. The molecule has 1 aromatic rings. The Kier molecular flexibility index (Phi) is 5.95. The number of halogens is 1. The van der Waals surface area contributed by atoms with Gasteiger partial charge in [0.2, 0.25) is 0 Å². The van der Waals surface area contributed by atoms with Crippen LogP contribution in [0.3, 0.4) is 0 Å². The van der Waals surface area contributed by atoms with Gasteiger partial charge in [-0.3, -0.25) is 0 Å². The van der Waals surface area contributed by atoms with Crippen LogP contribution in [-0.4, -0.2) is 18.0 Å². The van der Waals surface area contributed by atoms with E-state index in [1.807, 2.05) is 0 Å². The highest BCUT2D eigenvalue weighted by atomic mass is 79.9. The second-order valence-electron chi connectivity index (χ2n) is 4.84. The SMILES string of the molecule is BrCCOC(/C=C/C1CC1)CCc1ccccc1. The minimum Gasteiger partial charge on any atom is -0.373 e. The standard InChI is InChI=1S/C16H21BrO/c17-12-13-18-16(11-9-15-6-7-15)10-8-14-4-2-1-3-5-14/h1-5,9,11,15-16H,6-8,10,12-13H2/b11-9+. The Balaban J connectivity index is 1.79. The Labute approximate surface area is 118 Å². The first-order chi connectivity index (χ1) is 8.88. The summed E-state index contributed by atoms with van der Waals surface area (Å²) in [4.78, 5) is 0. The topological polar surface area (TPSA) is 9.23 Å². The number of aryl methyl sites for hydroxylation is 1. The van der Waals surface area contributed by atoms with Gasteiger partial charge in [0.05, 0.1) is 12.7 Å². The molecule has 18 heavy (non-hydrogen) atoms. The van der Waals surface area contributed by atoms with Crippen LogP contribution in [0.4, 0.5) is 0 Å². The maximum Gasteiger partial charge on any atom is 0.0759 e. The first-order valence-corrected chi connectivity index (χ1v) is 7.90. The molecule has 1 fully saturated rings. The zero-order valence-electron chi connectivity index (χ0n) is 10.7. The van der Waals surface area contributed by atoms with Crippen LogP contribution >= 0.6 is 15.9 Å². The van der Waals surface area contributed by atoms with E-state index in [-0.39, 0.29) is 6.10 Å². The Morgan fingerprint density at radius 3 is 2.72 bits per heavy atom. The van der Waals surface area contributed by atoms with Crippen molar-refractivity contribution in [1.82, 2.24) is 0 Å². The predicted octanol–water partition coefficient (Wildman–Crippen LogP) is 4.37. The fraction of sp³-hybridized carbons (Fsp3) is 0.500. The lowest BCUT2D eigenvalue weighted by Crippen LogP contribution is -2.13. The molecule has 0 heterocycles. The summed E-state index contributed by atoms with van der Waals surface area (Å²) in [6.07, 6.45) is 9.75. The zero-order chi connectivity index (χ0) is 12.6. The molecule has 0 radical (unpaired) electrons. The van der Waals surface area contributed by atoms with E-state index in [0.717, 1.165) is 30.7 Å². The van der Waals surface area contributed by atoms with Gasteiger partial charge < -0.3 is 4.74 Å². The van der Waals surface area contributed by atoms with E-state index in [2.05, 4.69) is 58.4 Å². The predicted molar refractivity (Wildman–Crippen MR) is 80.2 cm³/mol. The van der Waals surface area contributed by atoms with Gasteiger partial charge in [0.1, 0.15) is 0 Å². The lowest BCUT2D eigenvalue weighted by molar-refractivity contribution is 0.0929. The molecule has 98 valence electrons. The molecule has 1 atom stereocenters. The Morgan fingerprint density at radius 1 is 1.28 bits per heavy atom. The highest BCUT2D eigenvalue weighted by Crippen LogP contribution is 2.30. The van der Waals surface area contributed by atoms with Crippen molar-refractivity contribution in [2.75, 3.05) is 11.9 Å². The molecule has 2 rings (SSSR count). The molecule has 1 aliphatic carbocycles. The van der Waals surface area contributed by atoms with Gasteiger partial charge in [-0.25, -0.2) is 0 Å². The monoisotopic (exact) mass is 308 g/mol. The molecule has 1 unspecified atom stereocenters. The number of benzene rings is 1. The third-order valence-electron chi connectivity index (χ3n) is 3.19. The summed E-state index contributed by atoms with van der Waals surface area (Å²) >= 11 is 3.42. The van der Waals surface area contributed by atoms with Gasteiger partial charge in [0.15, 0.2) is 0 Å². The average molecular weight is 309 g/mol. The summed E-state index contributed by atoms with van der Waals surface area (Å²) < 4.78 is 5.86. The molecule has 1 saturated carbocycles. The van der Waals surface area contributed by atoms with E-state index in [1.165, 1.54) is 18.4 Å². The first kappa shape index (κ1) is 13.8. The fourth-order valence-electron chi connectivity index (χ4n) is 1.95. The maximum absolute atomic E-state index is 5.86. The lowest BCUT2D eigenvalue weighted by atomic mass is 10.1. The molecular formula is C16H21BrO. The second-order valence-corrected chi connectivity index (χ2v) is 5.64. The van der Waals surface area contributed by atoms with E-state index < -0.39 is 0 Å². The van der Waals surface area contributed by atoms with Gasteiger partial charge >= 0.3 is 0 Å². The second kappa shape index (κ2) is 7.75. The van der Waals surface area contributed by atoms with Crippen molar-refractivity contribution in [2.45, 2.75) is 31.8 Å². The quantitative estimate of drug-likeness (QED) is 0.512. The molecule has 0 aliphatic heterocycles. The van der Waals surface area contributed by atoms with Gasteiger partial charge in [-0.15, -0.1) is 0 Å². The van der Waals surface area contributed by atoms with Crippen LogP contribution in [0.1, 0.15) is 24.8 Å². The molecule has 1 aliphatic rings. The van der Waals surface area contributed by atoms with Gasteiger partial charge in [0, 0.05) is 5.33 Å². The zero-order valence-corrected chi connectivity index (χ0v) is 12.3. The Hall–Kier alpha value is -0.600. The highest BCUT2D eigenvalue weighted by Gasteiger charge is 2.18. The average Bonchev–Trinajstić information content (AvgIpc) is 3.23.